The third-order valence-corrected chi connectivity index (χ3v) is 9.27. The number of unbranched alkanes of at least 4 members (excludes halogenated alkanes) is 2. The van der Waals surface area contributed by atoms with Crippen LogP contribution < -0.4 is 4.74 Å². The zero-order chi connectivity index (χ0) is 23.9. The number of rotatable bonds is 9. The molecule has 0 aromatic heterocycles. The fourth-order valence-electron chi connectivity index (χ4n) is 7.17. The summed E-state index contributed by atoms with van der Waals surface area (Å²) in [6, 6.07) is 3.35. The molecule has 2 atom stereocenters. The van der Waals surface area contributed by atoms with Gasteiger partial charge in [-0.2, -0.15) is 4.39 Å². The van der Waals surface area contributed by atoms with Crippen molar-refractivity contribution in [3.63, 3.8) is 0 Å². The van der Waals surface area contributed by atoms with Crippen molar-refractivity contribution in [3.8, 4) is 5.75 Å². The molecule has 1 saturated heterocycles. The number of benzene rings is 1. The van der Waals surface area contributed by atoms with Crippen LogP contribution in [0.1, 0.15) is 115 Å². The SMILES string of the molecule is CCCCC[C@H]1CC[C@H]([C@H]2CC[C@H]([C@H]3CC[C@H](c4ccc(OCC)c(F)c4F)CC3)CC2)CO1. The highest BCUT2D eigenvalue weighted by molar-refractivity contribution is 5.33. The first-order chi connectivity index (χ1) is 16.6. The number of hydrogen-bond acceptors (Lipinski definition) is 2. The van der Waals surface area contributed by atoms with E-state index in [1.807, 2.05) is 0 Å². The Balaban J connectivity index is 1.19. The van der Waals surface area contributed by atoms with Gasteiger partial charge in [-0.25, -0.2) is 4.39 Å². The molecule has 2 saturated carbocycles. The molecule has 2 nitrogen and oxygen atoms in total. The van der Waals surface area contributed by atoms with Gasteiger partial charge in [-0.1, -0.05) is 32.3 Å². The highest BCUT2D eigenvalue weighted by Gasteiger charge is 2.35. The Hall–Kier alpha value is -1.16. The monoisotopic (exact) mass is 476 g/mol. The Morgan fingerprint density at radius 3 is 1.97 bits per heavy atom. The number of hydrogen-bond donors (Lipinski definition) is 0. The summed E-state index contributed by atoms with van der Waals surface area (Å²) in [5.41, 5.74) is 0.549. The summed E-state index contributed by atoms with van der Waals surface area (Å²) >= 11 is 0. The third-order valence-electron chi connectivity index (χ3n) is 9.27. The van der Waals surface area contributed by atoms with Crippen molar-refractivity contribution >= 4 is 0 Å². The van der Waals surface area contributed by atoms with Gasteiger partial charge in [-0.3, -0.25) is 0 Å². The zero-order valence-corrected chi connectivity index (χ0v) is 21.5. The van der Waals surface area contributed by atoms with Gasteiger partial charge in [-0.15, -0.1) is 0 Å². The van der Waals surface area contributed by atoms with Crippen LogP contribution in [0, 0.1) is 35.3 Å². The molecule has 0 amide bonds. The minimum absolute atomic E-state index is 0.0320. The second-order valence-electron chi connectivity index (χ2n) is 11.3. The van der Waals surface area contributed by atoms with E-state index in [0.29, 0.717) is 18.3 Å². The van der Waals surface area contributed by atoms with Crippen LogP contribution in [0.25, 0.3) is 0 Å². The highest BCUT2D eigenvalue weighted by atomic mass is 19.2. The molecule has 1 aromatic carbocycles. The summed E-state index contributed by atoms with van der Waals surface area (Å²) in [6.07, 6.45) is 18.0. The summed E-state index contributed by atoms with van der Waals surface area (Å²) in [7, 11) is 0. The van der Waals surface area contributed by atoms with Crippen molar-refractivity contribution in [1.29, 1.82) is 0 Å². The summed E-state index contributed by atoms with van der Waals surface area (Å²) in [5.74, 6) is 1.87. The molecule has 0 spiro atoms. The quantitative estimate of drug-likeness (QED) is 0.331. The van der Waals surface area contributed by atoms with Crippen molar-refractivity contribution in [3.05, 3.63) is 29.3 Å². The highest BCUT2D eigenvalue weighted by Crippen LogP contribution is 2.46. The van der Waals surface area contributed by atoms with Gasteiger partial charge in [0.25, 0.3) is 0 Å². The molecular formula is C30H46F2O2. The van der Waals surface area contributed by atoms with Crippen molar-refractivity contribution in [2.75, 3.05) is 13.2 Å². The molecule has 0 unspecified atom stereocenters. The number of ether oxygens (including phenoxy) is 2. The molecule has 1 aliphatic heterocycles. The van der Waals surface area contributed by atoms with Crippen molar-refractivity contribution in [1.82, 2.24) is 0 Å². The van der Waals surface area contributed by atoms with Gasteiger partial charge in [0.15, 0.2) is 11.6 Å². The minimum atomic E-state index is -0.821. The number of halogens is 2. The maximum absolute atomic E-state index is 14.7. The lowest BCUT2D eigenvalue weighted by Crippen LogP contribution is -2.33. The molecule has 4 heteroatoms. The fraction of sp³-hybridized carbons (Fsp3) is 0.800. The van der Waals surface area contributed by atoms with Gasteiger partial charge in [0, 0.05) is 0 Å². The van der Waals surface area contributed by atoms with Crippen LogP contribution in [0.4, 0.5) is 8.78 Å². The molecule has 0 bridgehead atoms. The maximum Gasteiger partial charge on any atom is 0.200 e. The van der Waals surface area contributed by atoms with E-state index in [1.54, 1.807) is 19.1 Å². The van der Waals surface area contributed by atoms with Gasteiger partial charge >= 0.3 is 0 Å². The van der Waals surface area contributed by atoms with E-state index in [4.69, 9.17) is 9.47 Å². The van der Waals surface area contributed by atoms with E-state index < -0.39 is 11.6 Å². The first-order valence-corrected chi connectivity index (χ1v) is 14.3. The molecule has 34 heavy (non-hydrogen) atoms. The van der Waals surface area contributed by atoms with Crippen molar-refractivity contribution in [2.24, 2.45) is 23.7 Å². The Morgan fingerprint density at radius 1 is 0.765 bits per heavy atom. The van der Waals surface area contributed by atoms with Gasteiger partial charge in [0.1, 0.15) is 0 Å². The molecular weight excluding hydrogens is 430 g/mol. The van der Waals surface area contributed by atoms with Crippen LogP contribution in [-0.4, -0.2) is 19.3 Å². The van der Waals surface area contributed by atoms with E-state index in [1.165, 1.54) is 64.2 Å². The van der Waals surface area contributed by atoms with Crippen LogP contribution >= 0.6 is 0 Å². The average molecular weight is 477 g/mol. The predicted octanol–water partition coefficient (Wildman–Crippen LogP) is 8.82. The molecule has 3 aliphatic rings. The van der Waals surface area contributed by atoms with Crippen LogP contribution in [0.15, 0.2) is 12.1 Å². The summed E-state index contributed by atoms with van der Waals surface area (Å²) in [4.78, 5) is 0. The summed E-state index contributed by atoms with van der Waals surface area (Å²) in [5, 5.41) is 0. The standard InChI is InChI=1S/C30H46F2O2/c1-3-5-6-7-26-17-16-25(20-34-26)23-10-8-21(9-11-23)22-12-14-24(15-13-22)27-18-19-28(33-4-2)30(32)29(27)31/h18-19,21-26H,3-17,20H2,1-2H3/t21-,22-,23-,24-,25-,26-/m0/s1. The van der Waals surface area contributed by atoms with E-state index in [0.717, 1.165) is 56.0 Å². The van der Waals surface area contributed by atoms with E-state index >= 15 is 0 Å². The lowest BCUT2D eigenvalue weighted by molar-refractivity contribution is -0.0443. The van der Waals surface area contributed by atoms with Crippen LogP contribution in [0.3, 0.4) is 0 Å². The molecule has 1 aromatic rings. The van der Waals surface area contributed by atoms with Crippen molar-refractivity contribution < 1.29 is 18.3 Å². The summed E-state index contributed by atoms with van der Waals surface area (Å²) in [6.45, 7) is 5.38. The molecule has 4 rings (SSSR count). The Kier molecular flexibility index (Phi) is 9.68. The third kappa shape index (κ3) is 6.33. The van der Waals surface area contributed by atoms with Crippen LogP contribution in [0.2, 0.25) is 0 Å². The average Bonchev–Trinajstić information content (AvgIpc) is 2.88. The molecule has 0 N–H and O–H groups in total. The second kappa shape index (κ2) is 12.7. The van der Waals surface area contributed by atoms with Crippen LogP contribution in [0.5, 0.6) is 5.75 Å². The first kappa shape index (κ1) is 25.9. The van der Waals surface area contributed by atoms with Crippen LogP contribution in [-0.2, 0) is 4.74 Å². The maximum atomic E-state index is 14.7. The Bertz CT molecular complexity index is 742. The van der Waals surface area contributed by atoms with E-state index in [-0.39, 0.29) is 11.7 Å². The fourth-order valence-corrected chi connectivity index (χ4v) is 7.17. The van der Waals surface area contributed by atoms with Gasteiger partial charge in [-0.05, 0) is 119 Å². The minimum Gasteiger partial charge on any atom is -0.491 e. The van der Waals surface area contributed by atoms with E-state index in [2.05, 4.69) is 6.92 Å². The molecule has 3 fully saturated rings. The topological polar surface area (TPSA) is 18.5 Å². The first-order valence-electron chi connectivity index (χ1n) is 14.3. The van der Waals surface area contributed by atoms with E-state index in [9.17, 15) is 8.78 Å². The summed E-state index contributed by atoms with van der Waals surface area (Å²) < 4.78 is 40.5. The Morgan fingerprint density at radius 2 is 1.38 bits per heavy atom. The lowest BCUT2D eigenvalue weighted by Gasteiger charge is -2.41. The zero-order valence-electron chi connectivity index (χ0n) is 21.5. The van der Waals surface area contributed by atoms with Crippen molar-refractivity contribution in [2.45, 2.75) is 116 Å². The second-order valence-corrected chi connectivity index (χ2v) is 11.3. The van der Waals surface area contributed by atoms with Gasteiger partial charge in [0.05, 0.1) is 19.3 Å². The molecule has 1 heterocycles. The Labute approximate surface area is 206 Å². The predicted molar refractivity (Wildman–Crippen MR) is 134 cm³/mol. The normalized spacial score (nSPS) is 32.5. The lowest BCUT2D eigenvalue weighted by atomic mass is 9.66. The van der Waals surface area contributed by atoms with Gasteiger partial charge < -0.3 is 9.47 Å². The van der Waals surface area contributed by atoms with Gasteiger partial charge in [0.2, 0.25) is 5.82 Å². The molecule has 192 valence electrons. The smallest absolute Gasteiger partial charge is 0.200 e. The molecule has 2 aliphatic carbocycles. The molecule has 0 radical (unpaired) electrons. The largest absolute Gasteiger partial charge is 0.491 e.